The Bertz CT molecular complexity index is 479. The second kappa shape index (κ2) is 8.32. The summed E-state index contributed by atoms with van der Waals surface area (Å²) in [5, 5.41) is 8.73. The van der Waals surface area contributed by atoms with Gasteiger partial charge < -0.3 is 0 Å². The topological polar surface area (TPSA) is 23.8 Å². The smallest absolute Gasteiger partial charge is 0.0991 e. The van der Waals surface area contributed by atoms with Crippen molar-refractivity contribution in [2.24, 2.45) is 0 Å². The van der Waals surface area contributed by atoms with Crippen molar-refractivity contribution < 1.29 is 0 Å². The number of aryl methyl sites for hydroxylation is 1. The number of nitrogens with zero attached hydrogens (tertiary/aromatic N) is 1. The third-order valence-corrected chi connectivity index (χ3v) is 3.10. The maximum absolute atomic E-state index is 8.73. The predicted octanol–water partition coefficient (Wildman–Crippen LogP) is 5.18. The normalized spacial score (nSPS) is 10.9. The van der Waals surface area contributed by atoms with E-state index in [4.69, 9.17) is 5.26 Å². The Morgan fingerprint density at radius 3 is 2.32 bits per heavy atom. The molecule has 1 rings (SSSR count). The minimum absolute atomic E-state index is 0.734. The Hall–Kier alpha value is -1.81. The van der Waals surface area contributed by atoms with Gasteiger partial charge in [0, 0.05) is 0 Å². The van der Waals surface area contributed by atoms with Crippen molar-refractivity contribution in [1.29, 1.82) is 5.26 Å². The Balaban J connectivity index is 2.35. The zero-order valence-electron chi connectivity index (χ0n) is 12.2. The van der Waals surface area contributed by atoms with Gasteiger partial charge in [0.2, 0.25) is 0 Å². The number of nitriles is 1. The van der Waals surface area contributed by atoms with Gasteiger partial charge in [-0.25, -0.2) is 0 Å². The molecular weight excluding hydrogens is 230 g/mol. The van der Waals surface area contributed by atoms with Crippen LogP contribution in [0.3, 0.4) is 0 Å². The van der Waals surface area contributed by atoms with Crippen LogP contribution in [0.1, 0.15) is 51.2 Å². The van der Waals surface area contributed by atoms with Gasteiger partial charge >= 0.3 is 0 Å². The Labute approximate surface area is 117 Å². The van der Waals surface area contributed by atoms with Crippen LogP contribution in [0.15, 0.2) is 47.6 Å². The third-order valence-electron chi connectivity index (χ3n) is 3.10. The molecule has 0 amide bonds. The van der Waals surface area contributed by atoms with Gasteiger partial charge in [-0.3, -0.25) is 0 Å². The largest absolute Gasteiger partial charge is 0.192 e. The minimum Gasteiger partial charge on any atom is -0.192 e. The Morgan fingerprint density at radius 2 is 1.74 bits per heavy atom. The summed E-state index contributed by atoms with van der Waals surface area (Å²) in [7, 11) is 0. The number of rotatable bonds is 6. The molecule has 0 fully saturated rings. The van der Waals surface area contributed by atoms with Gasteiger partial charge in [-0.2, -0.15) is 5.26 Å². The molecule has 0 radical (unpaired) electrons. The van der Waals surface area contributed by atoms with Crippen LogP contribution < -0.4 is 0 Å². The molecule has 0 heterocycles. The van der Waals surface area contributed by atoms with Crippen molar-refractivity contribution >= 4 is 0 Å². The van der Waals surface area contributed by atoms with Gasteiger partial charge in [0.1, 0.15) is 0 Å². The summed E-state index contributed by atoms with van der Waals surface area (Å²) in [4.78, 5) is 0. The van der Waals surface area contributed by atoms with Gasteiger partial charge in [-0.15, -0.1) is 0 Å². The van der Waals surface area contributed by atoms with E-state index in [2.05, 4.69) is 39.0 Å². The maximum atomic E-state index is 8.73. The van der Waals surface area contributed by atoms with Gasteiger partial charge in [0.15, 0.2) is 0 Å². The fraction of sp³-hybridized carbons (Fsp3) is 0.389. The van der Waals surface area contributed by atoms with Crippen LogP contribution in [0.4, 0.5) is 0 Å². The molecule has 0 N–H and O–H groups in total. The monoisotopic (exact) mass is 253 g/mol. The van der Waals surface area contributed by atoms with Crippen LogP contribution in [0, 0.1) is 11.3 Å². The lowest BCUT2D eigenvalue weighted by Gasteiger charge is -2.01. The summed E-state index contributed by atoms with van der Waals surface area (Å²) in [5.74, 6) is 0. The van der Waals surface area contributed by atoms with E-state index >= 15 is 0 Å². The van der Waals surface area contributed by atoms with E-state index in [1.807, 2.05) is 24.3 Å². The van der Waals surface area contributed by atoms with Crippen LogP contribution in [-0.2, 0) is 6.42 Å². The predicted molar refractivity (Wildman–Crippen MR) is 81.9 cm³/mol. The van der Waals surface area contributed by atoms with Gasteiger partial charge in [0.05, 0.1) is 11.6 Å². The summed E-state index contributed by atoms with van der Waals surface area (Å²) < 4.78 is 0. The number of benzene rings is 1. The minimum atomic E-state index is 0.734. The molecule has 0 aliphatic carbocycles. The highest BCUT2D eigenvalue weighted by atomic mass is 14.2. The van der Waals surface area contributed by atoms with E-state index in [9.17, 15) is 0 Å². The lowest BCUT2D eigenvalue weighted by atomic mass is 10.0. The molecule has 0 saturated heterocycles. The average Bonchev–Trinajstić information content (AvgIpc) is 2.39. The summed E-state index contributed by atoms with van der Waals surface area (Å²) in [6, 6.07) is 10.0. The summed E-state index contributed by atoms with van der Waals surface area (Å²) >= 11 is 0. The Morgan fingerprint density at radius 1 is 1.05 bits per heavy atom. The summed E-state index contributed by atoms with van der Waals surface area (Å²) in [6.07, 6.45) is 9.04. The van der Waals surface area contributed by atoms with Crippen molar-refractivity contribution in [2.45, 2.75) is 46.5 Å². The first-order valence-electron chi connectivity index (χ1n) is 6.90. The van der Waals surface area contributed by atoms with Crippen LogP contribution in [0.2, 0.25) is 0 Å². The third kappa shape index (κ3) is 6.62. The van der Waals surface area contributed by atoms with E-state index < -0.39 is 0 Å². The summed E-state index contributed by atoms with van der Waals surface area (Å²) in [5.41, 5.74) is 4.89. The lowest BCUT2D eigenvalue weighted by molar-refractivity contribution is 0.925. The molecule has 0 aromatic heterocycles. The van der Waals surface area contributed by atoms with E-state index in [1.165, 1.54) is 16.7 Å². The molecule has 100 valence electrons. The molecule has 0 unspecified atom stereocenters. The highest BCUT2D eigenvalue weighted by molar-refractivity contribution is 5.31. The van der Waals surface area contributed by atoms with Crippen LogP contribution in [0.5, 0.6) is 0 Å². The van der Waals surface area contributed by atoms with Gasteiger partial charge in [0.25, 0.3) is 0 Å². The molecule has 1 heteroatoms. The van der Waals surface area contributed by atoms with Gasteiger partial charge in [-0.1, -0.05) is 35.4 Å². The van der Waals surface area contributed by atoms with Crippen molar-refractivity contribution in [3.63, 3.8) is 0 Å². The first-order valence-corrected chi connectivity index (χ1v) is 6.90. The van der Waals surface area contributed by atoms with Crippen molar-refractivity contribution in [3.05, 3.63) is 58.7 Å². The number of allylic oxidation sites excluding steroid dienone is 4. The zero-order valence-corrected chi connectivity index (χ0v) is 12.2. The highest BCUT2D eigenvalue weighted by Gasteiger charge is 1.94. The fourth-order valence-electron chi connectivity index (χ4n) is 1.92. The maximum Gasteiger partial charge on any atom is 0.0991 e. The van der Waals surface area contributed by atoms with Crippen LogP contribution >= 0.6 is 0 Å². The van der Waals surface area contributed by atoms with Crippen molar-refractivity contribution in [2.75, 3.05) is 0 Å². The summed E-state index contributed by atoms with van der Waals surface area (Å²) in [6.45, 7) is 6.49. The van der Waals surface area contributed by atoms with E-state index in [1.54, 1.807) is 0 Å². The first-order chi connectivity index (χ1) is 9.11. The number of hydrogen-bond acceptors (Lipinski definition) is 1. The molecule has 0 spiro atoms. The van der Waals surface area contributed by atoms with Crippen LogP contribution in [-0.4, -0.2) is 0 Å². The van der Waals surface area contributed by atoms with E-state index in [0.717, 1.165) is 31.2 Å². The lowest BCUT2D eigenvalue weighted by Crippen LogP contribution is -1.85. The quantitative estimate of drug-likeness (QED) is 0.640. The first kappa shape index (κ1) is 15.2. The molecule has 1 aromatic rings. The van der Waals surface area contributed by atoms with E-state index in [-0.39, 0.29) is 0 Å². The zero-order chi connectivity index (χ0) is 14.1. The second-order valence-corrected chi connectivity index (χ2v) is 5.22. The molecule has 0 saturated carbocycles. The molecule has 0 aliphatic rings. The highest BCUT2D eigenvalue weighted by Crippen LogP contribution is 2.10. The SMILES string of the molecule is CC(C)=CCCC(C)=CCCc1ccc(C#N)cc1. The molecule has 19 heavy (non-hydrogen) atoms. The standard InChI is InChI=1S/C18H23N/c1-15(2)6-4-7-16(3)8-5-9-17-10-12-18(14-19)13-11-17/h6,8,10-13H,4-5,7,9H2,1-3H3. The number of hydrogen-bond donors (Lipinski definition) is 0. The molecule has 0 aliphatic heterocycles. The molecule has 1 aromatic carbocycles. The van der Waals surface area contributed by atoms with Crippen LogP contribution in [0.25, 0.3) is 0 Å². The average molecular weight is 253 g/mol. The fourth-order valence-corrected chi connectivity index (χ4v) is 1.92. The molecule has 1 nitrogen and oxygen atoms in total. The Kier molecular flexibility index (Phi) is 6.68. The second-order valence-electron chi connectivity index (χ2n) is 5.22. The molecular formula is C18H23N. The molecule has 0 atom stereocenters. The molecule has 0 bridgehead atoms. The van der Waals surface area contributed by atoms with E-state index in [0.29, 0.717) is 0 Å². The van der Waals surface area contributed by atoms with Crippen molar-refractivity contribution in [3.8, 4) is 6.07 Å². The van der Waals surface area contributed by atoms with Gasteiger partial charge in [-0.05, 0) is 64.2 Å². The van der Waals surface area contributed by atoms with Crippen molar-refractivity contribution in [1.82, 2.24) is 0 Å².